The number of hydrogen-bond donors (Lipinski definition) is 4. The van der Waals surface area contributed by atoms with Crippen molar-refractivity contribution in [3.05, 3.63) is 72.8 Å². The molecule has 4 N–H and O–H groups in total. The average Bonchev–Trinajstić information content (AvgIpc) is 2.62. The minimum atomic E-state index is -0.0753. The van der Waals surface area contributed by atoms with E-state index in [4.69, 9.17) is 10.2 Å². The minimum Gasteiger partial charge on any atom is -0.504 e. The molecule has 120 valence electrons. The molecule has 4 nitrogen and oxygen atoms in total. The number of fused-ring (bicyclic) bond motifs is 2. The molecule has 0 amide bonds. The van der Waals surface area contributed by atoms with E-state index in [1.54, 1.807) is 24.3 Å². The summed E-state index contributed by atoms with van der Waals surface area (Å²) in [6.45, 7) is 0. The molecule has 24 heavy (non-hydrogen) atoms. The summed E-state index contributed by atoms with van der Waals surface area (Å²) in [5, 5.41) is 40.4. The van der Waals surface area contributed by atoms with E-state index >= 15 is 0 Å². The van der Waals surface area contributed by atoms with Crippen LogP contribution < -0.4 is 0 Å². The van der Waals surface area contributed by atoms with Crippen LogP contribution in [0.25, 0.3) is 21.5 Å². The van der Waals surface area contributed by atoms with Gasteiger partial charge in [-0.3, -0.25) is 0 Å². The van der Waals surface area contributed by atoms with Gasteiger partial charge in [-0.25, -0.2) is 0 Å². The molecule has 0 radical (unpaired) electrons. The van der Waals surface area contributed by atoms with Crippen molar-refractivity contribution in [2.75, 3.05) is 0 Å². The zero-order valence-electron chi connectivity index (χ0n) is 12.7. The highest BCUT2D eigenvalue weighted by Crippen LogP contribution is 2.33. The predicted molar refractivity (Wildman–Crippen MR) is 94.6 cm³/mol. The lowest BCUT2D eigenvalue weighted by molar-refractivity contribution is 0.408. The van der Waals surface area contributed by atoms with Gasteiger partial charge in [0.25, 0.3) is 0 Å². The molecule has 0 heterocycles. The van der Waals surface area contributed by atoms with Gasteiger partial charge in [-0.05, 0) is 22.9 Å². The van der Waals surface area contributed by atoms with Crippen LogP contribution in [0.2, 0.25) is 0 Å². The van der Waals surface area contributed by atoms with Crippen molar-refractivity contribution in [3.8, 4) is 23.0 Å². The third-order valence-electron chi connectivity index (χ3n) is 3.76. The van der Waals surface area contributed by atoms with Gasteiger partial charge in [0, 0.05) is 10.8 Å². The second-order valence-corrected chi connectivity index (χ2v) is 5.31. The highest BCUT2D eigenvalue weighted by atomic mass is 16.3. The maximum Gasteiger partial charge on any atom is 0.165 e. The summed E-state index contributed by atoms with van der Waals surface area (Å²) in [6.07, 6.45) is 0. The Labute approximate surface area is 138 Å². The molecule has 0 aliphatic heterocycles. The van der Waals surface area contributed by atoms with Gasteiger partial charge in [0.1, 0.15) is 0 Å². The smallest absolute Gasteiger partial charge is 0.165 e. The van der Waals surface area contributed by atoms with E-state index < -0.39 is 0 Å². The first kappa shape index (κ1) is 15.5. The van der Waals surface area contributed by atoms with Crippen molar-refractivity contribution >= 4 is 21.5 Å². The van der Waals surface area contributed by atoms with Gasteiger partial charge in [-0.15, -0.1) is 0 Å². The lowest BCUT2D eigenvalue weighted by Gasteiger charge is -2.01. The predicted octanol–water partition coefficient (Wildman–Crippen LogP) is 4.50. The van der Waals surface area contributed by atoms with Crippen molar-refractivity contribution < 1.29 is 20.4 Å². The van der Waals surface area contributed by atoms with Crippen LogP contribution in [-0.4, -0.2) is 20.4 Å². The molecular formula is C20H16O4. The molecule has 0 spiro atoms. The number of phenols is 4. The van der Waals surface area contributed by atoms with Crippen molar-refractivity contribution in [3.63, 3.8) is 0 Å². The molecule has 0 aliphatic rings. The second kappa shape index (κ2) is 6.38. The highest BCUT2D eigenvalue weighted by Gasteiger charge is 2.03. The van der Waals surface area contributed by atoms with E-state index in [2.05, 4.69) is 0 Å². The Bertz CT molecular complexity index is 925. The molecule has 0 fully saturated rings. The number of phenolic OH excluding ortho intramolecular Hbond substituents is 4. The molecule has 0 aliphatic carbocycles. The van der Waals surface area contributed by atoms with Gasteiger partial charge >= 0.3 is 0 Å². The Kier molecular flexibility index (Phi) is 4.12. The number of benzene rings is 4. The maximum absolute atomic E-state index is 9.41. The number of hydrogen-bond acceptors (Lipinski definition) is 4. The molecule has 4 aromatic rings. The standard InChI is InChI=1S/2C10H8O2/c2*11-9-6-5-7-3-1-2-4-8(7)10(9)12/h2*1-6,11-12H. The van der Waals surface area contributed by atoms with Crippen LogP contribution in [0.15, 0.2) is 72.8 Å². The Morgan fingerprint density at radius 1 is 0.417 bits per heavy atom. The van der Waals surface area contributed by atoms with Crippen LogP contribution in [0.3, 0.4) is 0 Å². The van der Waals surface area contributed by atoms with Crippen LogP contribution >= 0.6 is 0 Å². The number of rotatable bonds is 0. The van der Waals surface area contributed by atoms with E-state index in [0.717, 1.165) is 10.8 Å². The summed E-state index contributed by atoms with van der Waals surface area (Å²) in [5.41, 5.74) is 0. The van der Waals surface area contributed by atoms with Crippen LogP contribution in [0.5, 0.6) is 23.0 Å². The molecule has 4 rings (SSSR count). The zero-order valence-corrected chi connectivity index (χ0v) is 12.7. The maximum atomic E-state index is 9.41. The van der Waals surface area contributed by atoms with Crippen molar-refractivity contribution in [2.45, 2.75) is 0 Å². The zero-order chi connectivity index (χ0) is 17.1. The van der Waals surface area contributed by atoms with Crippen molar-refractivity contribution in [2.24, 2.45) is 0 Å². The molecule has 4 heteroatoms. The van der Waals surface area contributed by atoms with Crippen LogP contribution in [0.1, 0.15) is 0 Å². The van der Waals surface area contributed by atoms with E-state index in [1.165, 1.54) is 12.1 Å². The first-order chi connectivity index (χ1) is 11.6. The molecule has 0 saturated heterocycles. The quantitative estimate of drug-likeness (QED) is 0.360. The van der Waals surface area contributed by atoms with Gasteiger partial charge in [0.15, 0.2) is 23.0 Å². The minimum absolute atomic E-state index is 0.0481. The molecule has 0 atom stereocenters. The Hall–Kier alpha value is -3.40. The summed E-state index contributed by atoms with van der Waals surface area (Å²) in [7, 11) is 0. The van der Waals surface area contributed by atoms with Crippen molar-refractivity contribution in [1.82, 2.24) is 0 Å². The second-order valence-electron chi connectivity index (χ2n) is 5.31. The summed E-state index contributed by atoms with van der Waals surface area (Å²) in [6, 6.07) is 21.2. The van der Waals surface area contributed by atoms with E-state index in [1.807, 2.05) is 36.4 Å². The highest BCUT2D eigenvalue weighted by molar-refractivity contribution is 5.90. The lowest BCUT2D eigenvalue weighted by atomic mass is 10.1. The van der Waals surface area contributed by atoms with Gasteiger partial charge in [0.05, 0.1) is 0 Å². The lowest BCUT2D eigenvalue weighted by Crippen LogP contribution is -1.73. The van der Waals surface area contributed by atoms with E-state index in [-0.39, 0.29) is 23.0 Å². The summed E-state index contributed by atoms with van der Waals surface area (Å²) in [4.78, 5) is 0. The van der Waals surface area contributed by atoms with Gasteiger partial charge in [-0.2, -0.15) is 0 Å². The third kappa shape index (κ3) is 2.90. The molecule has 0 aromatic heterocycles. The van der Waals surface area contributed by atoms with Crippen LogP contribution in [-0.2, 0) is 0 Å². The SMILES string of the molecule is Oc1ccc2ccccc2c1O.Oc1ccc2ccccc2c1O. The van der Waals surface area contributed by atoms with Crippen molar-refractivity contribution in [1.29, 1.82) is 0 Å². The molecule has 0 saturated carbocycles. The normalized spacial score (nSPS) is 10.3. The topological polar surface area (TPSA) is 80.9 Å². The molecule has 0 unspecified atom stereocenters. The molecular weight excluding hydrogens is 304 g/mol. The van der Waals surface area contributed by atoms with Gasteiger partial charge in [-0.1, -0.05) is 60.7 Å². The fourth-order valence-electron chi connectivity index (χ4n) is 2.49. The molecule has 0 bridgehead atoms. The molecule has 4 aromatic carbocycles. The third-order valence-corrected chi connectivity index (χ3v) is 3.76. The van der Waals surface area contributed by atoms with Crippen LogP contribution in [0.4, 0.5) is 0 Å². The summed E-state index contributed by atoms with van der Waals surface area (Å²) < 4.78 is 0. The Morgan fingerprint density at radius 3 is 1.21 bits per heavy atom. The number of aromatic hydroxyl groups is 4. The van der Waals surface area contributed by atoms with E-state index in [0.29, 0.717) is 10.8 Å². The van der Waals surface area contributed by atoms with Crippen LogP contribution in [0, 0.1) is 0 Å². The van der Waals surface area contributed by atoms with Gasteiger partial charge < -0.3 is 20.4 Å². The van der Waals surface area contributed by atoms with E-state index in [9.17, 15) is 10.2 Å². The summed E-state index contributed by atoms with van der Waals surface area (Å²) >= 11 is 0. The monoisotopic (exact) mass is 320 g/mol. The Morgan fingerprint density at radius 2 is 0.792 bits per heavy atom. The van der Waals surface area contributed by atoms with Gasteiger partial charge in [0.2, 0.25) is 0 Å². The largest absolute Gasteiger partial charge is 0.504 e. The summed E-state index contributed by atoms with van der Waals surface area (Å²) in [5.74, 6) is -0.247. The first-order valence-electron chi connectivity index (χ1n) is 7.37. The fraction of sp³-hybridized carbons (Fsp3) is 0. The first-order valence-corrected chi connectivity index (χ1v) is 7.37. The fourth-order valence-corrected chi connectivity index (χ4v) is 2.49. The average molecular weight is 320 g/mol. The Balaban J connectivity index is 0.000000141.